The number of methoxy groups -OCH3 is 4. The first-order valence-electron chi connectivity index (χ1n) is 17.2. The molecule has 2 aliphatic heterocycles. The molecule has 3 heterocycles. The minimum absolute atomic E-state index is 0.0153. The summed E-state index contributed by atoms with van der Waals surface area (Å²) in [5.41, 5.74) is 4.30. The number of esters is 3. The van der Waals surface area contributed by atoms with Crippen LogP contribution in [0.3, 0.4) is 0 Å². The Hall–Kier alpha value is -4.45. The van der Waals surface area contributed by atoms with Gasteiger partial charge in [-0.3, -0.25) is 14.5 Å². The van der Waals surface area contributed by atoms with Gasteiger partial charge in [0.15, 0.2) is 11.5 Å². The minimum atomic E-state index is -0.611. The SMILES string of the molecule is COC(=O)C1CC(OC(=O)c2cc(OC)c(OC(=O)Cc3cc(Cl)cc(Cl)c3)c(OC)c2)C[C@@H]2CN3CCc4c([nH]c5cc(OC)ccc45)C3C[C@H]12. The van der Waals surface area contributed by atoms with E-state index >= 15 is 0 Å². The average molecular weight is 752 g/mol. The van der Waals surface area contributed by atoms with Crippen molar-refractivity contribution < 1.29 is 42.8 Å². The molecule has 13 heteroatoms. The average Bonchev–Trinajstić information content (AvgIpc) is 3.51. The van der Waals surface area contributed by atoms with Crippen molar-refractivity contribution in [1.29, 1.82) is 0 Å². The van der Waals surface area contributed by atoms with E-state index in [-0.39, 0.29) is 53.1 Å². The number of halogens is 2. The Morgan fingerprint density at radius 1 is 0.885 bits per heavy atom. The summed E-state index contributed by atoms with van der Waals surface area (Å²) < 4.78 is 33.5. The fourth-order valence-corrected chi connectivity index (χ4v) is 8.97. The third-order valence-corrected chi connectivity index (χ3v) is 11.1. The van der Waals surface area contributed by atoms with Crippen LogP contribution in [0.4, 0.5) is 0 Å². The molecule has 274 valence electrons. The predicted molar refractivity (Wildman–Crippen MR) is 194 cm³/mol. The molecule has 0 spiro atoms. The number of hydrogen-bond acceptors (Lipinski definition) is 10. The number of hydrogen-bond donors (Lipinski definition) is 1. The summed E-state index contributed by atoms with van der Waals surface area (Å²) in [4.78, 5) is 46.1. The quantitative estimate of drug-likeness (QED) is 0.141. The fraction of sp³-hybridized carbons (Fsp3) is 0.410. The zero-order valence-corrected chi connectivity index (χ0v) is 30.8. The predicted octanol–water partition coefficient (Wildman–Crippen LogP) is 6.99. The van der Waals surface area contributed by atoms with Crippen molar-refractivity contribution in [3.8, 4) is 23.0 Å². The lowest BCUT2D eigenvalue weighted by Gasteiger charge is -2.51. The van der Waals surface area contributed by atoms with E-state index in [0.717, 1.165) is 37.2 Å². The molecular weight excluding hydrogens is 711 g/mol. The Bertz CT molecular complexity index is 1980. The molecule has 1 saturated carbocycles. The highest BCUT2D eigenvalue weighted by Gasteiger charge is 2.49. The van der Waals surface area contributed by atoms with Crippen LogP contribution in [-0.4, -0.2) is 75.4 Å². The monoisotopic (exact) mass is 750 g/mol. The number of nitrogens with one attached hydrogen (secondary N) is 1. The fourth-order valence-electron chi connectivity index (χ4n) is 8.40. The first-order chi connectivity index (χ1) is 25.1. The summed E-state index contributed by atoms with van der Waals surface area (Å²) in [7, 11) is 5.86. The number of piperidine rings is 1. The highest BCUT2D eigenvalue weighted by molar-refractivity contribution is 6.34. The molecule has 3 unspecified atom stereocenters. The number of rotatable bonds is 9. The smallest absolute Gasteiger partial charge is 0.338 e. The molecule has 2 fully saturated rings. The van der Waals surface area contributed by atoms with Gasteiger partial charge in [-0.15, -0.1) is 0 Å². The lowest BCUT2D eigenvalue weighted by Crippen LogP contribution is -2.52. The maximum absolute atomic E-state index is 13.7. The van der Waals surface area contributed by atoms with Gasteiger partial charge in [0.1, 0.15) is 11.9 Å². The number of ether oxygens (including phenoxy) is 6. The van der Waals surface area contributed by atoms with Crippen molar-refractivity contribution >= 4 is 52.0 Å². The molecule has 1 saturated heterocycles. The number of aromatic nitrogens is 1. The van der Waals surface area contributed by atoms with Crippen LogP contribution < -0.4 is 18.9 Å². The standard InChI is InChI=1S/C39H40Cl2N2O9/c1-47-25-5-6-27-28-7-8-43-19-22-12-26(16-30(39(46)50-4)29(22)18-32(43)36(28)42-31(27)17-25)51-38(45)21-13-33(48-2)37(34(14-21)49-3)52-35(44)11-20-9-23(40)15-24(41)10-20/h5-6,9-10,13-15,17,22,26,29-30,32,42H,7-8,11-12,16,18-19H2,1-4H3/t22-,26?,29+,30?,32?/m1/s1. The molecule has 7 rings (SSSR count). The van der Waals surface area contributed by atoms with Crippen molar-refractivity contribution in [3.05, 3.63) is 81.0 Å². The molecule has 52 heavy (non-hydrogen) atoms. The summed E-state index contributed by atoms with van der Waals surface area (Å²) >= 11 is 12.2. The van der Waals surface area contributed by atoms with Crippen LogP contribution in [0.2, 0.25) is 10.0 Å². The third kappa shape index (κ3) is 7.01. The highest BCUT2D eigenvalue weighted by Crippen LogP contribution is 2.50. The lowest BCUT2D eigenvalue weighted by atomic mass is 9.65. The van der Waals surface area contributed by atoms with E-state index in [0.29, 0.717) is 28.5 Å². The van der Waals surface area contributed by atoms with Crippen molar-refractivity contribution in [3.63, 3.8) is 0 Å². The summed E-state index contributed by atoms with van der Waals surface area (Å²) in [5, 5.41) is 1.99. The summed E-state index contributed by atoms with van der Waals surface area (Å²) in [5.74, 6) is -0.726. The van der Waals surface area contributed by atoms with Crippen LogP contribution in [0.25, 0.3) is 10.9 Å². The number of benzene rings is 3. The Morgan fingerprint density at radius 3 is 2.29 bits per heavy atom. The first-order valence-corrected chi connectivity index (χ1v) is 18.0. The molecule has 5 atom stereocenters. The Labute approximate surface area is 311 Å². The topological polar surface area (TPSA) is 126 Å². The number of fused-ring (bicyclic) bond motifs is 6. The van der Waals surface area contributed by atoms with E-state index in [9.17, 15) is 14.4 Å². The molecule has 11 nitrogen and oxygen atoms in total. The second-order valence-electron chi connectivity index (χ2n) is 13.6. The molecule has 1 aromatic heterocycles. The van der Waals surface area contributed by atoms with E-state index in [1.807, 2.05) is 12.1 Å². The van der Waals surface area contributed by atoms with Gasteiger partial charge in [0, 0.05) is 45.8 Å². The van der Waals surface area contributed by atoms with E-state index in [4.69, 9.17) is 51.6 Å². The van der Waals surface area contributed by atoms with Gasteiger partial charge >= 0.3 is 17.9 Å². The number of H-pyrrole nitrogens is 1. The van der Waals surface area contributed by atoms with Gasteiger partial charge in [-0.25, -0.2) is 4.79 Å². The van der Waals surface area contributed by atoms with Crippen LogP contribution in [0.5, 0.6) is 23.0 Å². The second-order valence-corrected chi connectivity index (χ2v) is 14.5. The second kappa shape index (κ2) is 14.9. The van der Waals surface area contributed by atoms with Gasteiger partial charge in [-0.2, -0.15) is 0 Å². The molecule has 1 aliphatic carbocycles. The van der Waals surface area contributed by atoms with Crippen molar-refractivity contribution in [2.75, 3.05) is 41.5 Å². The maximum Gasteiger partial charge on any atom is 0.338 e. The summed E-state index contributed by atoms with van der Waals surface area (Å²) in [6.45, 7) is 1.68. The Kier molecular flexibility index (Phi) is 10.3. The zero-order valence-electron chi connectivity index (χ0n) is 29.3. The first kappa shape index (κ1) is 35.9. The van der Waals surface area contributed by atoms with Crippen LogP contribution in [0.15, 0.2) is 48.5 Å². The number of carbonyl (C=O) groups excluding carboxylic acids is 3. The van der Waals surface area contributed by atoms with Gasteiger partial charge in [-0.1, -0.05) is 23.2 Å². The molecule has 1 N–H and O–H groups in total. The van der Waals surface area contributed by atoms with Gasteiger partial charge < -0.3 is 33.4 Å². The number of nitrogens with zero attached hydrogens (tertiary/aromatic N) is 1. The van der Waals surface area contributed by atoms with Gasteiger partial charge in [0.25, 0.3) is 0 Å². The number of aromatic amines is 1. The molecule has 0 radical (unpaired) electrons. The van der Waals surface area contributed by atoms with Gasteiger partial charge in [-0.05, 0) is 91.1 Å². The zero-order chi connectivity index (χ0) is 36.7. The number of carbonyl (C=O) groups is 3. The van der Waals surface area contributed by atoms with Crippen LogP contribution in [0.1, 0.15) is 52.5 Å². The van der Waals surface area contributed by atoms with Gasteiger partial charge in [0.2, 0.25) is 5.75 Å². The third-order valence-electron chi connectivity index (χ3n) is 10.7. The Balaban J connectivity index is 1.07. The molecule has 4 aromatic rings. The van der Waals surface area contributed by atoms with Gasteiger partial charge in [0.05, 0.1) is 52.4 Å². The highest BCUT2D eigenvalue weighted by atomic mass is 35.5. The van der Waals surface area contributed by atoms with Crippen molar-refractivity contribution in [1.82, 2.24) is 9.88 Å². The normalized spacial score (nSPS) is 22.4. The molecular formula is C39H40Cl2N2O9. The summed E-state index contributed by atoms with van der Waals surface area (Å²) in [6, 6.07) is 14.0. The maximum atomic E-state index is 13.7. The molecule has 3 aliphatic rings. The molecule has 0 bridgehead atoms. The van der Waals surface area contributed by atoms with E-state index in [2.05, 4.69) is 16.0 Å². The van der Waals surface area contributed by atoms with Crippen LogP contribution in [0, 0.1) is 17.8 Å². The van der Waals surface area contributed by atoms with Crippen molar-refractivity contribution in [2.45, 2.75) is 44.2 Å². The lowest BCUT2D eigenvalue weighted by molar-refractivity contribution is -0.155. The Morgan fingerprint density at radius 2 is 1.62 bits per heavy atom. The van der Waals surface area contributed by atoms with Crippen molar-refractivity contribution in [2.24, 2.45) is 17.8 Å². The van der Waals surface area contributed by atoms with Crippen LogP contribution in [-0.2, 0) is 31.9 Å². The van der Waals surface area contributed by atoms with E-state index in [1.165, 1.54) is 50.1 Å². The summed E-state index contributed by atoms with van der Waals surface area (Å²) in [6.07, 6.45) is 2.04. The largest absolute Gasteiger partial charge is 0.497 e. The van der Waals surface area contributed by atoms with E-state index in [1.54, 1.807) is 25.3 Å². The van der Waals surface area contributed by atoms with Crippen LogP contribution >= 0.6 is 23.2 Å². The minimum Gasteiger partial charge on any atom is -0.497 e. The molecule has 3 aromatic carbocycles. The molecule has 0 amide bonds. The van der Waals surface area contributed by atoms with E-state index < -0.39 is 24.0 Å².